The number of rotatable bonds is 10. The predicted octanol–water partition coefficient (Wildman–Crippen LogP) is 6.82. The molecule has 0 spiro atoms. The summed E-state index contributed by atoms with van der Waals surface area (Å²) in [5, 5.41) is 3.87. The number of benzene rings is 3. The van der Waals surface area contributed by atoms with Crippen molar-refractivity contribution < 1.29 is 18.0 Å². The molecule has 1 fully saturated rings. The van der Waals surface area contributed by atoms with Gasteiger partial charge < -0.3 is 10.2 Å². The quantitative estimate of drug-likeness (QED) is 0.255. The van der Waals surface area contributed by atoms with Crippen molar-refractivity contribution in [2.45, 2.75) is 62.6 Å². The van der Waals surface area contributed by atoms with Crippen molar-refractivity contribution >= 4 is 66.7 Å². The Morgan fingerprint density at radius 1 is 0.976 bits per heavy atom. The van der Waals surface area contributed by atoms with Gasteiger partial charge in [0, 0.05) is 27.1 Å². The molecule has 218 valence electrons. The summed E-state index contributed by atoms with van der Waals surface area (Å²) in [6.07, 6.45) is 5.01. The lowest BCUT2D eigenvalue weighted by atomic mass is 9.95. The van der Waals surface area contributed by atoms with Crippen molar-refractivity contribution in [3.63, 3.8) is 0 Å². The number of nitrogens with one attached hydrogen (secondary N) is 1. The number of hydrogen-bond donors (Lipinski definition) is 1. The lowest BCUT2D eigenvalue weighted by Gasteiger charge is -2.33. The van der Waals surface area contributed by atoms with Gasteiger partial charge in [-0.25, -0.2) is 8.42 Å². The smallest absolute Gasteiger partial charge is 0.264 e. The highest BCUT2D eigenvalue weighted by molar-refractivity contribution is 9.10. The van der Waals surface area contributed by atoms with E-state index in [1.54, 1.807) is 67.6 Å². The van der Waals surface area contributed by atoms with Crippen molar-refractivity contribution in [1.82, 2.24) is 10.2 Å². The number of sulfonamides is 1. The third kappa shape index (κ3) is 8.03. The number of hydrogen-bond acceptors (Lipinski definition) is 4. The van der Waals surface area contributed by atoms with E-state index in [1.807, 2.05) is 0 Å². The van der Waals surface area contributed by atoms with Gasteiger partial charge in [-0.1, -0.05) is 82.7 Å². The van der Waals surface area contributed by atoms with Gasteiger partial charge >= 0.3 is 0 Å². The Balaban J connectivity index is 1.68. The standard InChI is InChI=1S/C30H32BrCl2N3O4S/c1-21(30(38)34-25-8-4-2-5-9-25)35(19-22-12-15-24(32)18-28(22)33)29(37)20-36(26-16-13-23(31)14-17-26)41(39,40)27-10-6-3-7-11-27/h3,6-7,10-18,21,25H,2,4-5,8-9,19-20H2,1H3,(H,34,38)/t21-/m0/s1. The molecule has 0 heterocycles. The lowest BCUT2D eigenvalue weighted by molar-refractivity contribution is -0.139. The lowest BCUT2D eigenvalue weighted by Crippen LogP contribution is -2.53. The molecule has 1 atom stereocenters. The van der Waals surface area contributed by atoms with Gasteiger partial charge in [0.15, 0.2) is 0 Å². The SMILES string of the molecule is C[C@@H](C(=O)NC1CCCCC1)N(Cc1ccc(Cl)cc1Cl)C(=O)CN(c1ccc(Br)cc1)S(=O)(=O)c1ccccc1. The van der Waals surface area contributed by atoms with E-state index in [0.29, 0.717) is 21.3 Å². The highest BCUT2D eigenvalue weighted by atomic mass is 79.9. The molecule has 7 nitrogen and oxygen atoms in total. The molecule has 4 rings (SSSR count). The maximum absolute atomic E-state index is 14.1. The first-order valence-corrected chi connectivity index (χ1v) is 16.4. The average molecular weight is 681 g/mol. The molecule has 1 aliphatic rings. The van der Waals surface area contributed by atoms with Gasteiger partial charge in [0.2, 0.25) is 11.8 Å². The van der Waals surface area contributed by atoms with Crippen molar-refractivity contribution in [2.75, 3.05) is 10.8 Å². The van der Waals surface area contributed by atoms with Gasteiger partial charge in [0.05, 0.1) is 10.6 Å². The number of carbonyl (C=O) groups excluding carboxylic acids is 2. The number of halogens is 3. The topological polar surface area (TPSA) is 86.8 Å². The van der Waals surface area contributed by atoms with Crippen LogP contribution in [0, 0.1) is 0 Å². The number of nitrogens with zero attached hydrogens (tertiary/aromatic N) is 2. The van der Waals surface area contributed by atoms with Crippen LogP contribution in [0.3, 0.4) is 0 Å². The largest absolute Gasteiger partial charge is 0.352 e. The molecule has 0 aliphatic heterocycles. The average Bonchev–Trinajstić information content (AvgIpc) is 2.96. The van der Waals surface area contributed by atoms with Gasteiger partial charge in [-0.05, 0) is 73.9 Å². The van der Waals surface area contributed by atoms with Gasteiger partial charge in [-0.3, -0.25) is 13.9 Å². The number of anilines is 1. The van der Waals surface area contributed by atoms with Crippen LogP contribution >= 0.6 is 39.1 Å². The first-order valence-electron chi connectivity index (χ1n) is 13.4. The Morgan fingerprint density at radius 2 is 1.63 bits per heavy atom. The van der Waals surface area contributed by atoms with Crippen LogP contribution < -0.4 is 9.62 Å². The summed E-state index contributed by atoms with van der Waals surface area (Å²) in [5.74, 6) is -0.846. The van der Waals surface area contributed by atoms with Crippen LogP contribution in [0.25, 0.3) is 0 Å². The molecule has 1 N–H and O–H groups in total. The van der Waals surface area contributed by atoms with Gasteiger partial charge in [-0.15, -0.1) is 0 Å². The van der Waals surface area contributed by atoms with Crippen LogP contribution in [0.15, 0.2) is 82.2 Å². The highest BCUT2D eigenvalue weighted by Gasteiger charge is 2.33. The Morgan fingerprint density at radius 3 is 2.27 bits per heavy atom. The summed E-state index contributed by atoms with van der Waals surface area (Å²) >= 11 is 15.9. The predicted molar refractivity (Wildman–Crippen MR) is 167 cm³/mol. The second-order valence-corrected chi connectivity index (χ2v) is 13.7. The summed E-state index contributed by atoms with van der Waals surface area (Å²) in [4.78, 5) is 28.9. The summed E-state index contributed by atoms with van der Waals surface area (Å²) in [5.41, 5.74) is 0.900. The van der Waals surface area contributed by atoms with Crippen molar-refractivity contribution in [3.8, 4) is 0 Å². The van der Waals surface area contributed by atoms with Gasteiger partial charge in [0.1, 0.15) is 12.6 Å². The summed E-state index contributed by atoms with van der Waals surface area (Å²) < 4.78 is 29.5. The highest BCUT2D eigenvalue weighted by Crippen LogP contribution is 2.27. The van der Waals surface area contributed by atoms with E-state index in [-0.39, 0.29) is 23.4 Å². The fourth-order valence-corrected chi connectivity index (χ4v) is 7.01. The molecule has 0 saturated heterocycles. The molecule has 0 aromatic heterocycles. The third-order valence-electron chi connectivity index (χ3n) is 7.20. The zero-order valence-corrected chi connectivity index (χ0v) is 26.5. The van der Waals surface area contributed by atoms with Crippen LogP contribution in [0.5, 0.6) is 0 Å². The van der Waals surface area contributed by atoms with E-state index in [0.717, 1.165) is 40.9 Å². The van der Waals surface area contributed by atoms with Crippen molar-refractivity contribution in [1.29, 1.82) is 0 Å². The van der Waals surface area contributed by atoms with Crippen LogP contribution in [-0.4, -0.2) is 43.8 Å². The van der Waals surface area contributed by atoms with Gasteiger partial charge in [-0.2, -0.15) is 0 Å². The fraction of sp³-hybridized carbons (Fsp3) is 0.333. The van der Waals surface area contributed by atoms with Gasteiger partial charge in [0.25, 0.3) is 10.0 Å². The summed E-state index contributed by atoms with van der Waals surface area (Å²) in [6.45, 7) is 1.12. The molecule has 0 bridgehead atoms. The molecule has 1 saturated carbocycles. The Hall–Kier alpha value is -2.59. The maximum Gasteiger partial charge on any atom is 0.264 e. The molecule has 0 unspecified atom stereocenters. The first kappa shape index (κ1) is 31.3. The van der Waals surface area contributed by atoms with Crippen molar-refractivity contribution in [2.24, 2.45) is 0 Å². The van der Waals surface area contributed by atoms with Crippen LogP contribution in [0.4, 0.5) is 5.69 Å². The molecule has 3 aromatic carbocycles. The monoisotopic (exact) mass is 679 g/mol. The van der Waals surface area contributed by atoms with E-state index in [2.05, 4.69) is 21.2 Å². The minimum atomic E-state index is -4.12. The van der Waals surface area contributed by atoms with E-state index >= 15 is 0 Å². The molecule has 2 amide bonds. The molecule has 11 heteroatoms. The second-order valence-electron chi connectivity index (χ2n) is 10.1. The van der Waals surface area contributed by atoms with Crippen LogP contribution in [-0.2, 0) is 26.2 Å². The minimum Gasteiger partial charge on any atom is -0.352 e. The number of amides is 2. The number of carbonyl (C=O) groups is 2. The molecule has 1 aliphatic carbocycles. The first-order chi connectivity index (χ1) is 19.6. The molecule has 41 heavy (non-hydrogen) atoms. The van der Waals surface area contributed by atoms with E-state index in [9.17, 15) is 18.0 Å². The van der Waals surface area contributed by atoms with E-state index < -0.39 is 28.5 Å². The molecule has 3 aromatic rings. The second kappa shape index (κ2) is 14.1. The third-order valence-corrected chi connectivity index (χ3v) is 10.1. The molecule has 0 radical (unpaired) electrons. The molecular formula is C30H32BrCl2N3O4S. The Labute approximate surface area is 260 Å². The normalized spacial score (nSPS) is 14.7. The summed E-state index contributed by atoms with van der Waals surface area (Å²) in [7, 11) is -4.12. The molecular weight excluding hydrogens is 649 g/mol. The Bertz CT molecular complexity index is 1470. The zero-order chi connectivity index (χ0) is 29.6. The Kier molecular flexibility index (Phi) is 10.7. The van der Waals surface area contributed by atoms with Crippen LogP contribution in [0.1, 0.15) is 44.6 Å². The van der Waals surface area contributed by atoms with Crippen LogP contribution in [0.2, 0.25) is 10.0 Å². The van der Waals surface area contributed by atoms with E-state index in [1.165, 1.54) is 17.0 Å². The van der Waals surface area contributed by atoms with Crippen molar-refractivity contribution in [3.05, 3.63) is 92.9 Å². The minimum absolute atomic E-state index is 0.00630. The van der Waals surface area contributed by atoms with E-state index in [4.69, 9.17) is 23.2 Å². The zero-order valence-electron chi connectivity index (χ0n) is 22.6. The maximum atomic E-state index is 14.1. The summed E-state index contributed by atoms with van der Waals surface area (Å²) in [6, 6.07) is 18.7. The fourth-order valence-electron chi connectivity index (χ4n) is 4.84.